The van der Waals surface area contributed by atoms with Gasteiger partial charge in [0.1, 0.15) is 0 Å². The lowest BCUT2D eigenvalue weighted by molar-refractivity contribution is 0.0970. The van der Waals surface area contributed by atoms with Gasteiger partial charge in [-0.15, -0.1) is 0 Å². The van der Waals surface area contributed by atoms with E-state index in [9.17, 15) is 4.79 Å². The van der Waals surface area contributed by atoms with Crippen molar-refractivity contribution in [1.82, 2.24) is 0 Å². The SMILES string of the molecule is O=C(c1ccccc1)N(c1ccc(N2CCN(c3ccccc3)CC2)cc1)C1CCCCC1. The average Bonchev–Trinajstić information content (AvgIpc) is 2.91. The summed E-state index contributed by atoms with van der Waals surface area (Å²) in [5, 5.41) is 0. The third kappa shape index (κ3) is 4.90. The number of benzene rings is 3. The van der Waals surface area contributed by atoms with E-state index in [1.165, 1.54) is 30.6 Å². The van der Waals surface area contributed by atoms with Gasteiger partial charge in [-0.3, -0.25) is 4.79 Å². The molecule has 4 nitrogen and oxygen atoms in total. The van der Waals surface area contributed by atoms with Gasteiger partial charge in [-0.05, 0) is 61.4 Å². The second-order valence-electron chi connectivity index (χ2n) is 9.16. The van der Waals surface area contributed by atoms with E-state index in [2.05, 4.69) is 69.3 Å². The Balaban J connectivity index is 1.31. The van der Waals surface area contributed by atoms with Crippen molar-refractivity contribution in [2.24, 2.45) is 0 Å². The maximum absolute atomic E-state index is 13.5. The summed E-state index contributed by atoms with van der Waals surface area (Å²) in [6, 6.07) is 29.4. The van der Waals surface area contributed by atoms with Gasteiger partial charge in [-0.2, -0.15) is 0 Å². The summed E-state index contributed by atoms with van der Waals surface area (Å²) in [5.41, 5.74) is 4.32. The Morgan fingerprint density at radius 1 is 0.636 bits per heavy atom. The molecular weight excluding hydrogens is 406 g/mol. The molecule has 170 valence electrons. The fraction of sp³-hybridized carbons (Fsp3) is 0.345. The standard InChI is InChI=1S/C29H33N3O/c33-29(24-10-4-1-5-11-24)32(27-14-8-3-9-15-27)28-18-16-26(17-19-28)31-22-20-30(21-23-31)25-12-6-2-7-13-25/h1-2,4-7,10-13,16-19,27H,3,8-9,14-15,20-23H2. The van der Waals surface area contributed by atoms with E-state index in [1.807, 2.05) is 30.3 Å². The first-order valence-electron chi connectivity index (χ1n) is 12.3. The Morgan fingerprint density at radius 3 is 1.73 bits per heavy atom. The summed E-state index contributed by atoms with van der Waals surface area (Å²) in [6.07, 6.45) is 5.85. The normalized spacial score (nSPS) is 17.1. The molecule has 0 atom stereocenters. The Bertz CT molecular complexity index is 1020. The molecule has 0 N–H and O–H groups in total. The van der Waals surface area contributed by atoms with E-state index in [-0.39, 0.29) is 11.9 Å². The molecule has 3 aromatic rings. The molecule has 5 rings (SSSR count). The van der Waals surface area contributed by atoms with Gasteiger partial charge < -0.3 is 14.7 Å². The van der Waals surface area contributed by atoms with Crippen LogP contribution in [0.3, 0.4) is 0 Å². The molecule has 4 heteroatoms. The molecule has 0 unspecified atom stereocenters. The highest BCUT2D eigenvalue weighted by molar-refractivity contribution is 6.06. The quantitative estimate of drug-likeness (QED) is 0.488. The molecule has 33 heavy (non-hydrogen) atoms. The molecule has 1 aliphatic carbocycles. The van der Waals surface area contributed by atoms with E-state index in [0.717, 1.165) is 50.3 Å². The number of hydrogen-bond donors (Lipinski definition) is 0. The van der Waals surface area contributed by atoms with Crippen LogP contribution in [0, 0.1) is 0 Å². The highest BCUT2D eigenvalue weighted by atomic mass is 16.2. The Kier molecular flexibility index (Phi) is 6.61. The number of piperazine rings is 1. The molecule has 1 aliphatic heterocycles. The summed E-state index contributed by atoms with van der Waals surface area (Å²) in [6.45, 7) is 4.05. The lowest BCUT2D eigenvalue weighted by Gasteiger charge is -2.38. The number of carbonyl (C=O) groups is 1. The fourth-order valence-electron chi connectivity index (χ4n) is 5.24. The Labute approximate surface area is 197 Å². The van der Waals surface area contributed by atoms with Crippen LogP contribution < -0.4 is 14.7 Å². The largest absolute Gasteiger partial charge is 0.368 e. The molecule has 0 radical (unpaired) electrons. The first-order chi connectivity index (χ1) is 16.3. The van der Waals surface area contributed by atoms with Gasteiger partial charge in [0.05, 0.1) is 0 Å². The summed E-state index contributed by atoms with van der Waals surface area (Å²) >= 11 is 0. The second-order valence-corrected chi connectivity index (χ2v) is 9.16. The van der Waals surface area contributed by atoms with Gasteiger partial charge in [0.25, 0.3) is 5.91 Å². The number of anilines is 3. The summed E-state index contributed by atoms with van der Waals surface area (Å²) in [7, 11) is 0. The van der Waals surface area contributed by atoms with E-state index in [1.54, 1.807) is 0 Å². The number of amides is 1. The smallest absolute Gasteiger partial charge is 0.258 e. The molecule has 2 aliphatic rings. The monoisotopic (exact) mass is 439 g/mol. The summed E-state index contributed by atoms with van der Waals surface area (Å²) < 4.78 is 0. The minimum atomic E-state index is 0.117. The van der Waals surface area contributed by atoms with Crippen molar-refractivity contribution in [2.75, 3.05) is 40.9 Å². The number of nitrogens with zero attached hydrogens (tertiary/aromatic N) is 3. The van der Waals surface area contributed by atoms with Crippen molar-refractivity contribution < 1.29 is 4.79 Å². The minimum Gasteiger partial charge on any atom is -0.368 e. The van der Waals surface area contributed by atoms with Gasteiger partial charge in [0.2, 0.25) is 0 Å². The van der Waals surface area contributed by atoms with Crippen LogP contribution in [-0.2, 0) is 0 Å². The van der Waals surface area contributed by atoms with E-state index in [0.29, 0.717) is 0 Å². The number of carbonyl (C=O) groups excluding carboxylic acids is 1. The predicted octanol–water partition coefficient (Wildman–Crippen LogP) is 5.99. The number of para-hydroxylation sites is 1. The van der Waals surface area contributed by atoms with Crippen LogP contribution in [0.15, 0.2) is 84.9 Å². The van der Waals surface area contributed by atoms with Crippen molar-refractivity contribution in [1.29, 1.82) is 0 Å². The van der Waals surface area contributed by atoms with Crippen LogP contribution in [0.25, 0.3) is 0 Å². The third-order valence-corrected chi connectivity index (χ3v) is 7.07. The van der Waals surface area contributed by atoms with Crippen LogP contribution in [0.2, 0.25) is 0 Å². The minimum absolute atomic E-state index is 0.117. The maximum Gasteiger partial charge on any atom is 0.258 e. The topological polar surface area (TPSA) is 26.8 Å². The van der Waals surface area contributed by atoms with Gasteiger partial charge in [-0.1, -0.05) is 55.7 Å². The van der Waals surface area contributed by atoms with Gasteiger partial charge >= 0.3 is 0 Å². The van der Waals surface area contributed by atoms with Gasteiger partial charge in [0.15, 0.2) is 0 Å². The second kappa shape index (κ2) is 10.1. The Hall–Kier alpha value is -3.27. The lowest BCUT2D eigenvalue weighted by Crippen LogP contribution is -2.46. The number of hydrogen-bond acceptors (Lipinski definition) is 3. The van der Waals surface area contributed by atoms with Gasteiger partial charge in [-0.25, -0.2) is 0 Å². The number of rotatable bonds is 5. The highest BCUT2D eigenvalue weighted by Crippen LogP contribution is 2.31. The van der Waals surface area contributed by atoms with Crippen molar-refractivity contribution in [3.8, 4) is 0 Å². The molecule has 1 saturated carbocycles. The molecule has 1 amide bonds. The zero-order valence-corrected chi connectivity index (χ0v) is 19.3. The van der Waals surface area contributed by atoms with Crippen LogP contribution in [0.1, 0.15) is 42.5 Å². The van der Waals surface area contributed by atoms with Gasteiger partial charge in [0, 0.05) is 54.8 Å². The Morgan fingerprint density at radius 2 is 1.15 bits per heavy atom. The van der Waals surface area contributed by atoms with Crippen LogP contribution in [0.5, 0.6) is 0 Å². The van der Waals surface area contributed by atoms with E-state index < -0.39 is 0 Å². The molecule has 1 saturated heterocycles. The molecule has 0 aromatic heterocycles. The van der Waals surface area contributed by atoms with Crippen molar-refractivity contribution >= 4 is 23.0 Å². The molecule has 0 spiro atoms. The van der Waals surface area contributed by atoms with Crippen molar-refractivity contribution in [3.05, 3.63) is 90.5 Å². The zero-order valence-electron chi connectivity index (χ0n) is 19.3. The first kappa shape index (κ1) is 21.6. The van der Waals surface area contributed by atoms with Crippen molar-refractivity contribution in [2.45, 2.75) is 38.1 Å². The van der Waals surface area contributed by atoms with Crippen molar-refractivity contribution in [3.63, 3.8) is 0 Å². The van der Waals surface area contributed by atoms with E-state index in [4.69, 9.17) is 0 Å². The molecule has 1 heterocycles. The molecule has 3 aromatic carbocycles. The average molecular weight is 440 g/mol. The summed E-state index contributed by atoms with van der Waals surface area (Å²) in [5.74, 6) is 0.117. The molecule has 0 bridgehead atoms. The highest BCUT2D eigenvalue weighted by Gasteiger charge is 2.28. The third-order valence-electron chi connectivity index (χ3n) is 7.07. The lowest BCUT2D eigenvalue weighted by atomic mass is 9.93. The maximum atomic E-state index is 13.5. The molecular formula is C29H33N3O. The van der Waals surface area contributed by atoms with Crippen LogP contribution >= 0.6 is 0 Å². The molecule has 2 fully saturated rings. The van der Waals surface area contributed by atoms with Crippen LogP contribution in [-0.4, -0.2) is 38.1 Å². The summed E-state index contributed by atoms with van der Waals surface area (Å²) in [4.78, 5) is 20.5. The fourth-order valence-corrected chi connectivity index (χ4v) is 5.24. The zero-order chi connectivity index (χ0) is 22.5. The predicted molar refractivity (Wildman–Crippen MR) is 137 cm³/mol. The van der Waals surface area contributed by atoms with E-state index >= 15 is 0 Å². The first-order valence-corrected chi connectivity index (χ1v) is 12.3. The van der Waals surface area contributed by atoms with Crippen LogP contribution in [0.4, 0.5) is 17.1 Å².